The first kappa shape index (κ1) is 20.5. The predicted octanol–water partition coefficient (Wildman–Crippen LogP) is 5.19. The molecule has 0 atom stereocenters. The van der Waals surface area contributed by atoms with Crippen LogP contribution in [0.3, 0.4) is 0 Å². The smallest absolute Gasteiger partial charge is 0.114 e. The average molecular weight is 418 g/mol. The van der Waals surface area contributed by atoms with Crippen molar-refractivity contribution in [3.05, 3.63) is 59.7 Å². The van der Waals surface area contributed by atoms with Crippen LogP contribution in [-0.2, 0) is 0 Å². The Morgan fingerprint density at radius 1 is 0.731 bits per heavy atom. The zero-order chi connectivity index (χ0) is 19.3. The molecule has 0 bridgehead atoms. The second-order valence-corrected chi connectivity index (χ2v) is 7.69. The summed E-state index contributed by atoms with van der Waals surface area (Å²) in [4.78, 5) is 4.53. The molecule has 0 aromatic heterocycles. The molecule has 3 nitrogen and oxygen atoms in total. The number of benzene rings is 2. The summed E-state index contributed by atoms with van der Waals surface area (Å²) in [6.45, 7) is 3.68. The molecular weight excluding hydrogens is 398 g/mol. The standard InChI is InChI=1S/C19H19N3S4/c1-12(23)20-16-8-4-6-14(10-16)18(25)22(3)19(26)15-7-5-9-17(11-15)21-13(2)24/h4-11H,1-3H3,(H,20,23)(H,21,24). The molecule has 0 saturated carbocycles. The summed E-state index contributed by atoms with van der Waals surface area (Å²) >= 11 is 21.5. The van der Waals surface area contributed by atoms with Crippen molar-refractivity contribution in [2.75, 3.05) is 17.7 Å². The van der Waals surface area contributed by atoms with Gasteiger partial charge in [0.1, 0.15) is 9.98 Å². The Kier molecular flexibility index (Phi) is 7.28. The molecule has 0 aliphatic heterocycles. The van der Waals surface area contributed by atoms with E-state index in [-0.39, 0.29) is 0 Å². The summed E-state index contributed by atoms with van der Waals surface area (Å²) in [6, 6.07) is 15.6. The van der Waals surface area contributed by atoms with Crippen molar-refractivity contribution in [2.24, 2.45) is 0 Å². The Morgan fingerprint density at radius 3 is 1.46 bits per heavy atom. The minimum Gasteiger partial charge on any atom is -0.350 e. The van der Waals surface area contributed by atoms with Crippen LogP contribution in [0, 0.1) is 0 Å². The van der Waals surface area contributed by atoms with Crippen LogP contribution < -0.4 is 10.6 Å². The fourth-order valence-corrected chi connectivity index (χ4v) is 3.08. The van der Waals surface area contributed by atoms with E-state index in [9.17, 15) is 0 Å². The van der Waals surface area contributed by atoms with Crippen molar-refractivity contribution in [3.8, 4) is 0 Å². The second-order valence-electron chi connectivity index (χ2n) is 5.69. The van der Waals surface area contributed by atoms with Crippen LogP contribution in [0.2, 0.25) is 0 Å². The molecule has 2 aromatic rings. The van der Waals surface area contributed by atoms with Gasteiger partial charge >= 0.3 is 0 Å². The van der Waals surface area contributed by atoms with Gasteiger partial charge in [0.25, 0.3) is 0 Å². The van der Waals surface area contributed by atoms with Gasteiger partial charge in [-0.15, -0.1) is 0 Å². The highest BCUT2D eigenvalue weighted by Gasteiger charge is 2.14. The Hall–Kier alpha value is -1.80. The summed E-state index contributed by atoms with van der Waals surface area (Å²) in [5, 5.41) is 6.25. The van der Waals surface area contributed by atoms with Crippen molar-refractivity contribution in [1.29, 1.82) is 0 Å². The number of hydrogen-bond acceptors (Lipinski definition) is 4. The quantitative estimate of drug-likeness (QED) is 0.661. The van der Waals surface area contributed by atoms with E-state index in [1.54, 1.807) is 0 Å². The summed E-state index contributed by atoms with van der Waals surface area (Å²) in [6.07, 6.45) is 0. The van der Waals surface area contributed by atoms with Gasteiger partial charge in [0.05, 0.1) is 9.98 Å². The molecule has 2 aromatic carbocycles. The number of anilines is 2. The molecule has 0 aliphatic rings. The average Bonchev–Trinajstić information content (AvgIpc) is 2.59. The fraction of sp³-hybridized carbons (Fsp3) is 0.158. The minimum atomic E-state index is 0.644. The lowest BCUT2D eigenvalue weighted by molar-refractivity contribution is 0.787. The zero-order valence-corrected chi connectivity index (χ0v) is 18.0. The van der Waals surface area contributed by atoms with Gasteiger partial charge < -0.3 is 15.5 Å². The maximum atomic E-state index is 5.64. The third-order valence-electron chi connectivity index (χ3n) is 3.47. The van der Waals surface area contributed by atoms with E-state index < -0.39 is 0 Å². The number of hydrogen-bond donors (Lipinski definition) is 2. The van der Waals surface area contributed by atoms with Gasteiger partial charge in [-0.25, -0.2) is 0 Å². The molecule has 0 aliphatic carbocycles. The van der Waals surface area contributed by atoms with Crippen LogP contribution in [0.4, 0.5) is 11.4 Å². The van der Waals surface area contributed by atoms with Crippen LogP contribution in [-0.4, -0.2) is 31.9 Å². The monoisotopic (exact) mass is 417 g/mol. The molecule has 0 fully saturated rings. The lowest BCUT2D eigenvalue weighted by Gasteiger charge is -2.22. The molecule has 2 rings (SSSR count). The summed E-state index contributed by atoms with van der Waals surface area (Å²) in [7, 11) is 1.87. The number of thiocarbonyl (C=S) groups is 4. The maximum absolute atomic E-state index is 5.64. The van der Waals surface area contributed by atoms with Gasteiger partial charge in [-0.2, -0.15) is 0 Å². The summed E-state index contributed by atoms with van der Waals surface area (Å²) in [5.41, 5.74) is 3.60. The normalized spacial score (nSPS) is 9.96. The first-order chi connectivity index (χ1) is 12.3. The third-order valence-corrected chi connectivity index (χ3v) is 4.69. The van der Waals surface area contributed by atoms with Crippen molar-refractivity contribution in [2.45, 2.75) is 13.8 Å². The Bertz CT molecular complexity index is 805. The molecule has 134 valence electrons. The van der Waals surface area contributed by atoms with Gasteiger partial charge in [0.2, 0.25) is 0 Å². The Balaban J connectivity index is 2.21. The van der Waals surface area contributed by atoms with Gasteiger partial charge in [-0.1, -0.05) is 73.1 Å². The highest BCUT2D eigenvalue weighted by Crippen LogP contribution is 2.17. The SMILES string of the molecule is CC(=S)Nc1cccc(C(=S)N(C)C(=S)c2cccc(NC(C)=S)c2)c1. The molecule has 0 heterocycles. The van der Waals surface area contributed by atoms with E-state index >= 15 is 0 Å². The van der Waals surface area contributed by atoms with Crippen LogP contribution in [0.5, 0.6) is 0 Å². The van der Waals surface area contributed by atoms with Crippen LogP contribution in [0.25, 0.3) is 0 Å². The fourth-order valence-electron chi connectivity index (χ4n) is 2.35. The lowest BCUT2D eigenvalue weighted by atomic mass is 10.1. The van der Waals surface area contributed by atoms with Crippen molar-refractivity contribution >= 4 is 80.2 Å². The molecule has 0 spiro atoms. The Labute approximate surface area is 175 Å². The van der Waals surface area contributed by atoms with E-state index in [1.807, 2.05) is 74.3 Å². The predicted molar refractivity (Wildman–Crippen MR) is 128 cm³/mol. The van der Waals surface area contributed by atoms with Crippen molar-refractivity contribution in [3.63, 3.8) is 0 Å². The van der Waals surface area contributed by atoms with E-state index in [0.717, 1.165) is 22.5 Å². The zero-order valence-electron chi connectivity index (χ0n) is 14.7. The second kappa shape index (κ2) is 9.23. The highest BCUT2D eigenvalue weighted by molar-refractivity contribution is 7.82. The third kappa shape index (κ3) is 5.60. The number of nitrogens with zero attached hydrogens (tertiary/aromatic N) is 1. The minimum absolute atomic E-state index is 0.644. The molecule has 0 amide bonds. The van der Waals surface area contributed by atoms with Gasteiger partial charge in [0.15, 0.2) is 0 Å². The maximum Gasteiger partial charge on any atom is 0.114 e. The first-order valence-electron chi connectivity index (χ1n) is 7.85. The molecule has 0 unspecified atom stereocenters. The van der Waals surface area contributed by atoms with E-state index in [4.69, 9.17) is 48.9 Å². The van der Waals surface area contributed by atoms with E-state index in [0.29, 0.717) is 20.0 Å². The Morgan fingerprint density at radius 2 is 1.12 bits per heavy atom. The van der Waals surface area contributed by atoms with Crippen LogP contribution >= 0.6 is 48.9 Å². The lowest BCUT2D eigenvalue weighted by Crippen LogP contribution is -2.31. The van der Waals surface area contributed by atoms with Gasteiger partial charge in [-0.05, 0) is 38.1 Å². The van der Waals surface area contributed by atoms with Gasteiger partial charge in [-0.3, -0.25) is 0 Å². The summed E-state index contributed by atoms with van der Waals surface area (Å²) < 4.78 is 0. The molecule has 0 saturated heterocycles. The van der Waals surface area contributed by atoms with E-state index in [2.05, 4.69) is 10.6 Å². The molecule has 26 heavy (non-hydrogen) atoms. The highest BCUT2D eigenvalue weighted by atomic mass is 32.1. The van der Waals surface area contributed by atoms with Crippen molar-refractivity contribution < 1.29 is 0 Å². The molecule has 0 radical (unpaired) electrons. The van der Waals surface area contributed by atoms with Gasteiger partial charge in [0, 0.05) is 29.5 Å². The largest absolute Gasteiger partial charge is 0.350 e. The molecule has 7 heteroatoms. The summed E-state index contributed by atoms with van der Waals surface area (Å²) in [5.74, 6) is 0. The number of nitrogens with one attached hydrogen (secondary N) is 2. The van der Waals surface area contributed by atoms with E-state index in [1.165, 1.54) is 0 Å². The van der Waals surface area contributed by atoms with Crippen molar-refractivity contribution in [1.82, 2.24) is 4.90 Å². The van der Waals surface area contributed by atoms with Crippen LogP contribution in [0.1, 0.15) is 25.0 Å². The topological polar surface area (TPSA) is 27.3 Å². The molecule has 2 N–H and O–H groups in total. The van der Waals surface area contributed by atoms with Crippen LogP contribution in [0.15, 0.2) is 48.5 Å². The first-order valence-corrected chi connectivity index (χ1v) is 9.49. The molecular formula is C19H19N3S4. The number of rotatable bonds is 4.